The molecule has 1 aromatic carbocycles. The Hall–Kier alpha value is -1.46. The summed E-state index contributed by atoms with van der Waals surface area (Å²) in [5.74, 6) is 2.53. The zero-order valence-corrected chi connectivity index (χ0v) is 6.82. The van der Waals surface area contributed by atoms with Crippen molar-refractivity contribution in [3.05, 3.63) is 35.9 Å². The molecule has 62 valence electrons. The molecular weight excluding hydrogens is 152 g/mol. The molecule has 0 aliphatic heterocycles. The minimum atomic E-state index is -0.758. The molecule has 2 heteroatoms. The van der Waals surface area contributed by atoms with Crippen molar-refractivity contribution in [3.63, 3.8) is 0 Å². The minimum absolute atomic E-state index is 0.758. The van der Waals surface area contributed by atoms with Crippen molar-refractivity contribution < 1.29 is 9.84 Å². The van der Waals surface area contributed by atoms with E-state index in [2.05, 4.69) is 16.8 Å². The zero-order valence-electron chi connectivity index (χ0n) is 6.82. The minimum Gasteiger partial charge on any atom is -0.450 e. The van der Waals surface area contributed by atoms with Crippen LogP contribution in [0, 0.1) is 12.0 Å². The average molecular weight is 162 g/mol. The van der Waals surface area contributed by atoms with Crippen LogP contribution < -0.4 is 0 Å². The van der Waals surface area contributed by atoms with E-state index >= 15 is 0 Å². The zero-order chi connectivity index (χ0) is 8.81. The van der Waals surface area contributed by atoms with Gasteiger partial charge in [-0.2, -0.15) is 0 Å². The van der Waals surface area contributed by atoms with Crippen LogP contribution in [-0.4, -0.2) is 12.2 Å². The first-order chi connectivity index (χ1) is 5.84. The molecule has 0 fully saturated rings. The first kappa shape index (κ1) is 8.63. The number of aliphatic hydroxyl groups excluding tert-OH is 1. The lowest BCUT2D eigenvalue weighted by atomic mass is 10.1. The summed E-state index contributed by atoms with van der Waals surface area (Å²) in [6.07, 6.45) is 1.59. The van der Waals surface area contributed by atoms with Crippen molar-refractivity contribution in [1.82, 2.24) is 0 Å². The Kier molecular flexibility index (Phi) is 3.18. The van der Waals surface area contributed by atoms with E-state index in [1.165, 1.54) is 7.11 Å². The summed E-state index contributed by atoms with van der Waals surface area (Å²) in [5.41, 5.74) is 0.780. The summed E-state index contributed by atoms with van der Waals surface area (Å²) in [4.78, 5) is 0. The topological polar surface area (TPSA) is 29.5 Å². The fourth-order valence-electron chi connectivity index (χ4n) is 0.833. The van der Waals surface area contributed by atoms with Crippen LogP contribution in [0.15, 0.2) is 30.3 Å². The molecule has 0 aliphatic carbocycles. The predicted molar refractivity (Wildman–Crippen MR) is 46.2 cm³/mol. The third kappa shape index (κ3) is 2.30. The lowest BCUT2D eigenvalue weighted by Gasteiger charge is -2.00. The molecular formula is C10H10O2. The molecule has 0 heterocycles. The molecule has 0 amide bonds. The highest BCUT2D eigenvalue weighted by molar-refractivity contribution is 5.23. The third-order valence-electron chi connectivity index (χ3n) is 1.41. The molecule has 0 saturated heterocycles. The number of hydrogen-bond acceptors (Lipinski definition) is 2. The highest BCUT2D eigenvalue weighted by atomic mass is 16.5. The van der Waals surface area contributed by atoms with E-state index in [0.29, 0.717) is 0 Å². The molecule has 0 spiro atoms. The van der Waals surface area contributed by atoms with Crippen LogP contribution in [0.4, 0.5) is 0 Å². The van der Waals surface area contributed by atoms with Crippen molar-refractivity contribution in [2.45, 2.75) is 6.10 Å². The van der Waals surface area contributed by atoms with Gasteiger partial charge in [0.25, 0.3) is 0 Å². The third-order valence-corrected chi connectivity index (χ3v) is 1.41. The number of aliphatic hydroxyl groups is 1. The van der Waals surface area contributed by atoms with E-state index < -0.39 is 6.10 Å². The van der Waals surface area contributed by atoms with Gasteiger partial charge in [-0.15, -0.1) is 0 Å². The lowest BCUT2D eigenvalue weighted by Crippen LogP contribution is -1.92. The van der Waals surface area contributed by atoms with Gasteiger partial charge in [0.15, 0.2) is 0 Å². The molecule has 1 aromatic rings. The second kappa shape index (κ2) is 4.42. The maximum Gasteiger partial charge on any atom is 0.143 e. The summed E-state index contributed by atoms with van der Waals surface area (Å²) < 4.78 is 4.51. The second-order valence-electron chi connectivity index (χ2n) is 2.26. The van der Waals surface area contributed by atoms with E-state index in [9.17, 15) is 5.11 Å². The van der Waals surface area contributed by atoms with Crippen LogP contribution in [0.25, 0.3) is 0 Å². The van der Waals surface area contributed by atoms with Crippen molar-refractivity contribution >= 4 is 0 Å². The first-order valence-electron chi connectivity index (χ1n) is 3.61. The number of rotatable bonds is 1. The van der Waals surface area contributed by atoms with Crippen LogP contribution in [0.1, 0.15) is 11.7 Å². The number of methoxy groups -OCH3 is 1. The normalized spacial score (nSPS) is 11.2. The molecule has 1 unspecified atom stereocenters. The number of ether oxygens (including phenoxy) is 1. The molecule has 0 aromatic heterocycles. The molecule has 1 rings (SSSR count). The van der Waals surface area contributed by atoms with Gasteiger partial charge in [-0.1, -0.05) is 30.3 Å². The van der Waals surface area contributed by atoms with E-state index in [1.54, 1.807) is 0 Å². The molecule has 2 nitrogen and oxygen atoms in total. The molecule has 0 aliphatic rings. The van der Waals surface area contributed by atoms with E-state index in [4.69, 9.17) is 0 Å². The average Bonchev–Trinajstić information content (AvgIpc) is 2.15. The summed E-state index contributed by atoms with van der Waals surface area (Å²) in [6.45, 7) is 0. The first-order valence-corrected chi connectivity index (χ1v) is 3.61. The molecule has 0 saturated carbocycles. The Morgan fingerprint density at radius 1 is 1.33 bits per heavy atom. The van der Waals surface area contributed by atoms with Crippen LogP contribution in [0.3, 0.4) is 0 Å². The van der Waals surface area contributed by atoms with Crippen LogP contribution >= 0.6 is 0 Å². The monoisotopic (exact) mass is 162 g/mol. The van der Waals surface area contributed by atoms with Gasteiger partial charge in [0.05, 0.1) is 7.11 Å². The molecule has 0 radical (unpaired) electrons. The van der Waals surface area contributed by atoms with Crippen LogP contribution in [0.5, 0.6) is 0 Å². The van der Waals surface area contributed by atoms with Gasteiger partial charge >= 0.3 is 0 Å². The van der Waals surface area contributed by atoms with Crippen molar-refractivity contribution in [2.24, 2.45) is 0 Å². The Labute approximate surface area is 71.8 Å². The summed E-state index contributed by atoms with van der Waals surface area (Å²) in [5, 5.41) is 9.40. The quantitative estimate of drug-likeness (QED) is 0.631. The maximum atomic E-state index is 9.40. The van der Waals surface area contributed by atoms with Gasteiger partial charge in [0.2, 0.25) is 0 Å². The Bertz CT molecular complexity index is 282. The van der Waals surface area contributed by atoms with Gasteiger partial charge in [0.1, 0.15) is 12.2 Å². The fraction of sp³-hybridized carbons (Fsp3) is 0.200. The summed E-state index contributed by atoms with van der Waals surface area (Å²) >= 11 is 0. The summed E-state index contributed by atoms with van der Waals surface area (Å²) in [6, 6.07) is 9.23. The predicted octanol–water partition coefficient (Wildman–Crippen LogP) is 1.33. The van der Waals surface area contributed by atoms with Crippen molar-refractivity contribution in [1.29, 1.82) is 0 Å². The smallest absolute Gasteiger partial charge is 0.143 e. The van der Waals surface area contributed by atoms with Gasteiger partial charge < -0.3 is 9.84 Å². The Morgan fingerprint density at radius 3 is 2.58 bits per heavy atom. The van der Waals surface area contributed by atoms with Gasteiger partial charge in [0, 0.05) is 0 Å². The van der Waals surface area contributed by atoms with Gasteiger partial charge in [-0.05, 0) is 11.5 Å². The maximum absolute atomic E-state index is 9.40. The molecule has 0 bridgehead atoms. The standard InChI is InChI=1S/C10H10O2/c1-12-8-7-10(11)9-5-3-2-4-6-9/h2-6,10-11H,1H3. The SMILES string of the molecule is COC#CC(O)c1ccccc1. The fourth-order valence-corrected chi connectivity index (χ4v) is 0.833. The van der Waals surface area contributed by atoms with E-state index in [1.807, 2.05) is 30.3 Å². The number of hydrogen-bond donors (Lipinski definition) is 1. The van der Waals surface area contributed by atoms with Crippen molar-refractivity contribution in [3.8, 4) is 12.0 Å². The Balaban J connectivity index is 2.72. The molecule has 1 N–H and O–H groups in total. The highest BCUT2D eigenvalue weighted by Crippen LogP contribution is 2.09. The Morgan fingerprint density at radius 2 is 2.00 bits per heavy atom. The van der Waals surface area contributed by atoms with Crippen LogP contribution in [-0.2, 0) is 4.74 Å². The lowest BCUT2D eigenvalue weighted by molar-refractivity contribution is 0.236. The second-order valence-corrected chi connectivity index (χ2v) is 2.26. The van der Waals surface area contributed by atoms with E-state index in [-0.39, 0.29) is 0 Å². The molecule has 1 atom stereocenters. The van der Waals surface area contributed by atoms with Crippen LogP contribution in [0.2, 0.25) is 0 Å². The van der Waals surface area contributed by atoms with Gasteiger partial charge in [-0.25, -0.2) is 0 Å². The van der Waals surface area contributed by atoms with Gasteiger partial charge in [-0.3, -0.25) is 0 Å². The molecule has 12 heavy (non-hydrogen) atoms. The largest absolute Gasteiger partial charge is 0.450 e. The van der Waals surface area contributed by atoms with E-state index in [0.717, 1.165) is 5.56 Å². The number of benzene rings is 1. The summed E-state index contributed by atoms with van der Waals surface area (Å²) in [7, 11) is 1.46. The van der Waals surface area contributed by atoms with Crippen molar-refractivity contribution in [2.75, 3.05) is 7.11 Å². The highest BCUT2D eigenvalue weighted by Gasteiger charge is 2.00.